The van der Waals surface area contributed by atoms with Gasteiger partial charge in [0.05, 0.1) is 6.54 Å². The molecular formula is C21H22NO. The van der Waals surface area contributed by atoms with Crippen LogP contribution in [0, 0.1) is 17.9 Å². The Labute approximate surface area is 139 Å². The fraction of sp³-hybridized carbons (Fsp3) is 0.333. The number of likely N-dealkylation sites (tertiary alicyclic amines) is 1. The molecule has 0 N–H and O–H groups in total. The molecule has 1 heterocycles. The number of piperidine rings is 1. The lowest BCUT2D eigenvalue weighted by molar-refractivity contribution is 0.108. The molecule has 117 valence electrons. The topological polar surface area (TPSA) is 12.5 Å². The summed E-state index contributed by atoms with van der Waals surface area (Å²) in [4.78, 5) is 2.41. The van der Waals surface area contributed by atoms with E-state index in [1.807, 2.05) is 42.5 Å². The molecule has 0 spiro atoms. The van der Waals surface area contributed by atoms with E-state index in [4.69, 9.17) is 4.74 Å². The highest BCUT2D eigenvalue weighted by molar-refractivity contribution is 5.22. The Morgan fingerprint density at radius 1 is 1.00 bits per heavy atom. The summed E-state index contributed by atoms with van der Waals surface area (Å²) in [5, 5.41) is 0. The lowest BCUT2D eigenvalue weighted by Crippen LogP contribution is -2.38. The smallest absolute Gasteiger partial charge is 0.119 e. The Balaban J connectivity index is 1.38. The van der Waals surface area contributed by atoms with Crippen LogP contribution in [0.4, 0.5) is 0 Å². The first kappa shape index (κ1) is 15.6. The molecule has 2 nitrogen and oxygen atoms in total. The molecule has 0 saturated carbocycles. The summed E-state index contributed by atoms with van der Waals surface area (Å²) in [5.41, 5.74) is 1.26. The Morgan fingerprint density at radius 2 is 1.74 bits per heavy atom. The van der Waals surface area contributed by atoms with Gasteiger partial charge in [-0.1, -0.05) is 54.3 Å². The first-order chi connectivity index (χ1) is 11.4. The Hall–Kier alpha value is -2.24. The highest BCUT2D eigenvalue weighted by atomic mass is 16.5. The van der Waals surface area contributed by atoms with E-state index in [2.05, 4.69) is 34.9 Å². The van der Waals surface area contributed by atoms with E-state index in [0.29, 0.717) is 6.10 Å². The zero-order valence-electron chi connectivity index (χ0n) is 13.4. The normalized spacial score (nSPS) is 15.7. The molecule has 1 aliphatic rings. The van der Waals surface area contributed by atoms with Gasteiger partial charge in [0.1, 0.15) is 11.9 Å². The molecule has 1 saturated heterocycles. The molecule has 1 aliphatic heterocycles. The van der Waals surface area contributed by atoms with Gasteiger partial charge in [0.25, 0.3) is 0 Å². The van der Waals surface area contributed by atoms with Crippen molar-refractivity contribution in [3.63, 3.8) is 0 Å². The molecular weight excluding hydrogens is 282 g/mol. The van der Waals surface area contributed by atoms with Crippen molar-refractivity contribution in [2.45, 2.75) is 25.4 Å². The van der Waals surface area contributed by atoms with Gasteiger partial charge in [-0.3, -0.25) is 4.90 Å². The van der Waals surface area contributed by atoms with Crippen LogP contribution in [0.25, 0.3) is 0 Å². The second-order valence-electron chi connectivity index (χ2n) is 5.84. The van der Waals surface area contributed by atoms with Crippen LogP contribution in [0.3, 0.4) is 0 Å². The van der Waals surface area contributed by atoms with Crippen LogP contribution in [-0.4, -0.2) is 30.6 Å². The monoisotopic (exact) mass is 304 g/mol. The number of ether oxygens (including phenoxy) is 1. The highest BCUT2D eigenvalue weighted by Crippen LogP contribution is 2.18. The predicted molar refractivity (Wildman–Crippen MR) is 93.3 cm³/mol. The summed E-state index contributed by atoms with van der Waals surface area (Å²) >= 11 is 0. The van der Waals surface area contributed by atoms with Gasteiger partial charge in [0.15, 0.2) is 0 Å². The van der Waals surface area contributed by atoms with Gasteiger partial charge < -0.3 is 4.74 Å². The third-order valence-electron chi connectivity index (χ3n) is 4.09. The first-order valence-electron chi connectivity index (χ1n) is 8.25. The van der Waals surface area contributed by atoms with Crippen molar-refractivity contribution >= 4 is 0 Å². The zero-order valence-corrected chi connectivity index (χ0v) is 13.4. The standard InChI is InChI=1S/C21H22NO/c1-3-9-19(10-4-1)11-7-8-16-22-17-14-21(15-18-22)23-20-12-5-2-6-13-20/h2-6,9-10,12-13,21H,11,14-18H2. The van der Waals surface area contributed by atoms with Crippen LogP contribution < -0.4 is 4.74 Å². The Morgan fingerprint density at radius 3 is 2.48 bits per heavy atom. The van der Waals surface area contributed by atoms with E-state index in [1.54, 1.807) is 0 Å². The van der Waals surface area contributed by atoms with Crippen molar-refractivity contribution in [2.24, 2.45) is 0 Å². The largest absolute Gasteiger partial charge is 0.490 e. The average molecular weight is 304 g/mol. The fourth-order valence-corrected chi connectivity index (χ4v) is 2.75. The van der Waals surface area contributed by atoms with Crippen molar-refractivity contribution in [3.05, 3.63) is 66.2 Å². The summed E-state index contributed by atoms with van der Waals surface area (Å²) in [6.07, 6.45) is 3.31. The minimum absolute atomic E-state index is 0.335. The molecule has 0 atom stereocenters. The second-order valence-corrected chi connectivity index (χ2v) is 5.84. The van der Waals surface area contributed by atoms with E-state index in [1.165, 1.54) is 5.56 Å². The first-order valence-corrected chi connectivity index (χ1v) is 8.25. The molecule has 2 heteroatoms. The maximum absolute atomic E-state index is 6.02. The van der Waals surface area contributed by atoms with Gasteiger partial charge >= 0.3 is 0 Å². The summed E-state index contributed by atoms with van der Waals surface area (Å²) in [5.74, 6) is 7.53. The second kappa shape index (κ2) is 8.41. The SMILES string of the molecule is C(#CCN1CCC(Oc2ccccc2)CC1)Cc1cc[c]cc1. The summed E-state index contributed by atoms with van der Waals surface area (Å²) in [6.45, 7) is 2.98. The predicted octanol–water partition coefficient (Wildman–Crippen LogP) is 3.58. The van der Waals surface area contributed by atoms with Gasteiger partial charge in [0.2, 0.25) is 0 Å². The lowest BCUT2D eigenvalue weighted by atomic mass is 10.1. The molecule has 1 radical (unpaired) electrons. The van der Waals surface area contributed by atoms with Crippen LogP contribution >= 0.6 is 0 Å². The number of benzene rings is 2. The Bertz CT molecular complexity index is 634. The molecule has 1 fully saturated rings. The van der Waals surface area contributed by atoms with Crippen LogP contribution in [0.15, 0.2) is 54.6 Å². The minimum atomic E-state index is 0.335. The van der Waals surface area contributed by atoms with Crippen LogP contribution in [-0.2, 0) is 6.42 Å². The lowest BCUT2D eigenvalue weighted by Gasteiger charge is -2.30. The van der Waals surface area contributed by atoms with E-state index in [9.17, 15) is 0 Å². The molecule has 3 rings (SSSR count). The van der Waals surface area contributed by atoms with Crippen molar-refractivity contribution in [1.82, 2.24) is 4.90 Å². The van der Waals surface area contributed by atoms with Crippen LogP contribution in [0.5, 0.6) is 5.75 Å². The molecule has 2 aromatic rings. The molecule has 0 bridgehead atoms. The molecule has 23 heavy (non-hydrogen) atoms. The molecule has 0 amide bonds. The number of nitrogens with zero attached hydrogens (tertiary/aromatic N) is 1. The minimum Gasteiger partial charge on any atom is -0.490 e. The number of hydrogen-bond acceptors (Lipinski definition) is 2. The van der Waals surface area contributed by atoms with Crippen molar-refractivity contribution in [3.8, 4) is 17.6 Å². The van der Waals surface area contributed by atoms with Crippen molar-refractivity contribution in [1.29, 1.82) is 0 Å². The van der Waals surface area contributed by atoms with Crippen LogP contribution in [0.1, 0.15) is 18.4 Å². The Kier molecular flexibility index (Phi) is 5.72. The molecule has 0 aromatic heterocycles. The third-order valence-corrected chi connectivity index (χ3v) is 4.09. The van der Waals surface area contributed by atoms with Crippen LogP contribution in [0.2, 0.25) is 0 Å². The maximum Gasteiger partial charge on any atom is 0.119 e. The zero-order chi connectivity index (χ0) is 15.7. The number of rotatable bonds is 4. The van der Waals surface area contributed by atoms with E-state index in [-0.39, 0.29) is 0 Å². The van der Waals surface area contributed by atoms with Gasteiger partial charge in [-0.25, -0.2) is 0 Å². The number of para-hydroxylation sites is 1. The quantitative estimate of drug-likeness (QED) is 0.801. The summed E-state index contributed by atoms with van der Waals surface area (Å²) in [6, 6.07) is 21.2. The van der Waals surface area contributed by atoms with Gasteiger partial charge in [-0.05, 0) is 36.6 Å². The third kappa shape index (κ3) is 5.16. The van der Waals surface area contributed by atoms with E-state index < -0.39 is 0 Å². The van der Waals surface area contributed by atoms with Gasteiger partial charge in [-0.15, -0.1) is 0 Å². The van der Waals surface area contributed by atoms with Crippen molar-refractivity contribution in [2.75, 3.05) is 19.6 Å². The van der Waals surface area contributed by atoms with Gasteiger partial charge in [0, 0.05) is 19.5 Å². The molecule has 2 aromatic carbocycles. The van der Waals surface area contributed by atoms with E-state index >= 15 is 0 Å². The maximum atomic E-state index is 6.02. The van der Waals surface area contributed by atoms with Gasteiger partial charge in [-0.2, -0.15) is 0 Å². The highest BCUT2D eigenvalue weighted by Gasteiger charge is 2.19. The molecule has 0 aliphatic carbocycles. The van der Waals surface area contributed by atoms with E-state index in [0.717, 1.165) is 44.6 Å². The average Bonchev–Trinajstić information content (AvgIpc) is 2.62. The number of hydrogen-bond donors (Lipinski definition) is 0. The fourth-order valence-electron chi connectivity index (χ4n) is 2.75. The van der Waals surface area contributed by atoms with Crippen molar-refractivity contribution < 1.29 is 4.74 Å². The summed E-state index contributed by atoms with van der Waals surface area (Å²) in [7, 11) is 0. The molecule has 0 unspecified atom stereocenters. The summed E-state index contributed by atoms with van der Waals surface area (Å²) < 4.78 is 6.02.